The Bertz CT molecular complexity index is 877. The molecule has 0 bridgehead atoms. The maximum atomic E-state index is 13.0. The molecule has 0 saturated carbocycles. The van der Waals surface area contributed by atoms with Crippen molar-refractivity contribution in [1.82, 2.24) is 14.8 Å². The summed E-state index contributed by atoms with van der Waals surface area (Å²) < 4.78 is 6.73. The van der Waals surface area contributed by atoms with Crippen molar-refractivity contribution in [3.05, 3.63) is 24.3 Å². The zero-order valence-corrected chi connectivity index (χ0v) is 18.0. The topological polar surface area (TPSA) is 66.0 Å². The molecular formula is C22H28N4O3S. The Kier molecular flexibility index (Phi) is 5.60. The Morgan fingerprint density at radius 1 is 0.933 bits per heavy atom. The number of hydrogen-bond acceptors (Lipinski definition) is 6. The smallest absolute Gasteiger partial charge is 0.251 e. The molecule has 8 heteroatoms. The average molecular weight is 429 g/mol. The van der Waals surface area contributed by atoms with Crippen molar-refractivity contribution in [3.8, 4) is 0 Å². The lowest BCUT2D eigenvalue weighted by Crippen LogP contribution is -2.54. The van der Waals surface area contributed by atoms with Crippen LogP contribution in [0.25, 0.3) is 10.2 Å². The Hall–Kier alpha value is -2.19. The summed E-state index contributed by atoms with van der Waals surface area (Å²) in [4.78, 5) is 36.4. The van der Waals surface area contributed by atoms with Gasteiger partial charge in [-0.3, -0.25) is 9.59 Å². The van der Waals surface area contributed by atoms with Gasteiger partial charge < -0.3 is 19.4 Å². The van der Waals surface area contributed by atoms with E-state index in [9.17, 15) is 9.59 Å². The number of carbonyl (C=O) groups is 2. The maximum Gasteiger partial charge on any atom is 0.251 e. The predicted molar refractivity (Wildman–Crippen MR) is 117 cm³/mol. The first-order valence-corrected chi connectivity index (χ1v) is 11.8. The number of rotatable bonds is 3. The van der Waals surface area contributed by atoms with Crippen LogP contribution in [0.5, 0.6) is 0 Å². The Morgan fingerprint density at radius 2 is 1.63 bits per heavy atom. The largest absolute Gasteiger partial charge is 0.368 e. The van der Waals surface area contributed by atoms with Crippen LogP contribution < -0.4 is 4.90 Å². The van der Waals surface area contributed by atoms with Gasteiger partial charge in [-0.15, -0.1) is 0 Å². The van der Waals surface area contributed by atoms with Crippen LogP contribution in [-0.2, 0) is 14.3 Å². The van der Waals surface area contributed by atoms with Crippen molar-refractivity contribution in [2.24, 2.45) is 5.92 Å². The molecule has 0 N–H and O–H groups in total. The SMILES string of the molecule is O=C(C1CCN(c2nc3ccccc3s2)CC1)N1CCN(C(=O)C2CCCO2)CC1. The van der Waals surface area contributed by atoms with E-state index < -0.39 is 0 Å². The first-order chi connectivity index (χ1) is 14.7. The molecular weight excluding hydrogens is 400 g/mol. The fourth-order valence-electron chi connectivity index (χ4n) is 4.69. The predicted octanol–water partition coefficient (Wildman–Crippen LogP) is 2.36. The van der Waals surface area contributed by atoms with Crippen molar-refractivity contribution >= 4 is 38.5 Å². The van der Waals surface area contributed by atoms with Crippen LogP contribution >= 0.6 is 11.3 Å². The van der Waals surface area contributed by atoms with Gasteiger partial charge >= 0.3 is 0 Å². The molecule has 3 aliphatic heterocycles. The molecule has 2 aromatic rings. The van der Waals surface area contributed by atoms with E-state index in [2.05, 4.69) is 17.0 Å². The zero-order valence-electron chi connectivity index (χ0n) is 17.2. The number of piperidine rings is 1. The zero-order chi connectivity index (χ0) is 20.5. The van der Waals surface area contributed by atoms with E-state index in [4.69, 9.17) is 9.72 Å². The summed E-state index contributed by atoms with van der Waals surface area (Å²) in [6.07, 6.45) is 3.25. The number of aromatic nitrogens is 1. The average Bonchev–Trinajstić information content (AvgIpc) is 3.48. The highest BCUT2D eigenvalue weighted by atomic mass is 32.1. The molecule has 1 aromatic carbocycles. The van der Waals surface area contributed by atoms with E-state index in [1.165, 1.54) is 4.70 Å². The third-order valence-corrected chi connectivity index (χ3v) is 7.60. The first-order valence-electron chi connectivity index (χ1n) is 11.0. The number of fused-ring (bicyclic) bond motifs is 1. The van der Waals surface area contributed by atoms with Gasteiger partial charge in [0.2, 0.25) is 5.91 Å². The number of ether oxygens (including phenoxy) is 1. The van der Waals surface area contributed by atoms with Gasteiger partial charge in [-0.2, -0.15) is 0 Å². The number of thiazole rings is 1. The standard InChI is InChI=1S/C22H28N4O3S/c27-20(24-11-13-25(14-12-24)21(28)18-5-3-15-29-18)16-7-9-26(10-8-16)22-23-17-4-1-2-6-19(17)30-22/h1-2,4,6,16,18H,3,5,7-15H2. The van der Waals surface area contributed by atoms with Crippen molar-refractivity contribution in [2.75, 3.05) is 50.8 Å². The van der Waals surface area contributed by atoms with Crippen molar-refractivity contribution in [1.29, 1.82) is 0 Å². The van der Waals surface area contributed by atoms with E-state index in [0.29, 0.717) is 32.8 Å². The Morgan fingerprint density at radius 3 is 2.30 bits per heavy atom. The van der Waals surface area contributed by atoms with Crippen molar-refractivity contribution < 1.29 is 14.3 Å². The minimum Gasteiger partial charge on any atom is -0.368 e. The quantitative estimate of drug-likeness (QED) is 0.751. The van der Waals surface area contributed by atoms with E-state index in [1.807, 2.05) is 21.9 Å². The monoisotopic (exact) mass is 428 g/mol. The molecule has 5 rings (SSSR count). The number of anilines is 1. The van der Waals surface area contributed by atoms with E-state index in [-0.39, 0.29) is 23.8 Å². The van der Waals surface area contributed by atoms with Crippen LogP contribution in [0.1, 0.15) is 25.7 Å². The molecule has 30 heavy (non-hydrogen) atoms. The molecule has 2 amide bonds. The molecule has 1 unspecified atom stereocenters. The van der Waals surface area contributed by atoms with Gasteiger partial charge in [0.1, 0.15) is 6.10 Å². The van der Waals surface area contributed by atoms with Gasteiger partial charge in [-0.25, -0.2) is 4.98 Å². The minimum atomic E-state index is -0.265. The molecule has 0 radical (unpaired) electrons. The summed E-state index contributed by atoms with van der Waals surface area (Å²) in [5, 5.41) is 1.06. The molecule has 3 aliphatic rings. The number of piperazine rings is 1. The summed E-state index contributed by atoms with van der Waals surface area (Å²) in [5.74, 6) is 0.433. The fourth-order valence-corrected chi connectivity index (χ4v) is 5.71. The van der Waals surface area contributed by atoms with Gasteiger partial charge in [0.25, 0.3) is 5.91 Å². The second-order valence-electron chi connectivity index (χ2n) is 8.38. The summed E-state index contributed by atoms with van der Waals surface area (Å²) in [7, 11) is 0. The number of nitrogens with zero attached hydrogens (tertiary/aromatic N) is 4. The number of hydrogen-bond donors (Lipinski definition) is 0. The van der Waals surface area contributed by atoms with Crippen LogP contribution in [-0.4, -0.2) is 78.6 Å². The lowest BCUT2D eigenvalue weighted by atomic mass is 9.95. The number of carbonyl (C=O) groups excluding carboxylic acids is 2. The third kappa shape index (κ3) is 3.90. The molecule has 0 spiro atoms. The van der Waals surface area contributed by atoms with Gasteiger partial charge in [0.15, 0.2) is 5.13 Å². The summed E-state index contributed by atoms with van der Waals surface area (Å²) in [5.41, 5.74) is 1.05. The van der Waals surface area contributed by atoms with E-state index in [0.717, 1.165) is 49.4 Å². The van der Waals surface area contributed by atoms with Gasteiger partial charge in [0.05, 0.1) is 10.2 Å². The molecule has 1 aromatic heterocycles. The van der Waals surface area contributed by atoms with Gasteiger partial charge in [-0.05, 0) is 37.8 Å². The van der Waals surface area contributed by atoms with Crippen LogP contribution in [0, 0.1) is 5.92 Å². The molecule has 160 valence electrons. The first kappa shape index (κ1) is 19.8. The Balaban J connectivity index is 1.12. The normalized spacial score (nSPS) is 23.3. The second kappa shape index (κ2) is 8.51. The summed E-state index contributed by atoms with van der Waals surface area (Å²) >= 11 is 1.73. The fraction of sp³-hybridized carbons (Fsp3) is 0.591. The minimum absolute atomic E-state index is 0.0797. The molecule has 4 heterocycles. The lowest BCUT2D eigenvalue weighted by Gasteiger charge is -2.39. The summed E-state index contributed by atoms with van der Waals surface area (Å²) in [6, 6.07) is 8.22. The van der Waals surface area contributed by atoms with E-state index >= 15 is 0 Å². The van der Waals surface area contributed by atoms with Gasteiger partial charge in [-0.1, -0.05) is 23.5 Å². The van der Waals surface area contributed by atoms with Crippen molar-refractivity contribution in [2.45, 2.75) is 31.8 Å². The van der Waals surface area contributed by atoms with Gasteiger partial charge in [0, 0.05) is 51.8 Å². The summed E-state index contributed by atoms with van der Waals surface area (Å²) in [6.45, 7) is 4.93. The Labute approximate surface area is 180 Å². The number of para-hydroxylation sites is 1. The molecule has 0 aliphatic carbocycles. The third-order valence-electron chi connectivity index (χ3n) is 6.51. The molecule has 3 fully saturated rings. The molecule has 7 nitrogen and oxygen atoms in total. The maximum absolute atomic E-state index is 13.0. The van der Waals surface area contributed by atoms with Crippen LogP contribution in [0.3, 0.4) is 0 Å². The van der Waals surface area contributed by atoms with Crippen LogP contribution in [0.2, 0.25) is 0 Å². The molecule has 1 atom stereocenters. The number of benzene rings is 1. The highest BCUT2D eigenvalue weighted by molar-refractivity contribution is 7.22. The highest BCUT2D eigenvalue weighted by Gasteiger charge is 2.34. The van der Waals surface area contributed by atoms with Crippen LogP contribution in [0.15, 0.2) is 24.3 Å². The van der Waals surface area contributed by atoms with Crippen molar-refractivity contribution in [3.63, 3.8) is 0 Å². The second-order valence-corrected chi connectivity index (χ2v) is 9.39. The number of amides is 2. The molecule has 3 saturated heterocycles. The van der Waals surface area contributed by atoms with E-state index in [1.54, 1.807) is 11.3 Å². The lowest BCUT2D eigenvalue weighted by molar-refractivity contribution is -0.147. The highest BCUT2D eigenvalue weighted by Crippen LogP contribution is 2.32. The van der Waals surface area contributed by atoms with Crippen LogP contribution in [0.4, 0.5) is 5.13 Å².